The molecule has 0 fully saturated rings. The van der Waals surface area contributed by atoms with E-state index in [9.17, 15) is 14.9 Å². The first-order valence-corrected chi connectivity index (χ1v) is 6.82. The number of carbonyl (C=O) groups excluding carboxylic acids is 1. The van der Waals surface area contributed by atoms with E-state index in [1.54, 1.807) is 18.2 Å². The van der Waals surface area contributed by atoms with Crippen LogP contribution < -0.4 is 11.1 Å². The first kappa shape index (κ1) is 15.5. The number of nitrogens with zero attached hydrogens (tertiary/aromatic N) is 1. The zero-order valence-electron chi connectivity index (χ0n) is 10.8. The zero-order chi connectivity index (χ0) is 14.4. The number of nitrogens with one attached hydrogen (secondary N) is 1. The number of rotatable bonds is 7. The molecule has 1 unspecified atom stereocenters. The number of nitro groups is 1. The fourth-order valence-corrected chi connectivity index (χ4v) is 2.59. The summed E-state index contributed by atoms with van der Waals surface area (Å²) in [5.74, 6) is -0.0990. The lowest BCUT2D eigenvalue weighted by atomic mass is 10.3. The van der Waals surface area contributed by atoms with Gasteiger partial charge in [-0.15, -0.1) is 11.8 Å². The van der Waals surface area contributed by atoms with Gasteiger partial charge < -0.3 is 11.1 Å². The summed E-state index contributed by atoms with van der Waals surface area (Å²) in [6.45, 7) is 3.82. The smallest absolute Gasteiger partial charge is 0.282 e. The van der Waals surface area contributed by atoms with Gasteiger partial charge in [0.1, 0.15) is 0 Å². The Hall–Kier alpha value is -1.60. The minimum atomic E-state index is -0.509. The van der Waals surface area contributed by atoms with E-state index < -0.39 is 16.9 Å². The summed E-state index contributed by atoms with van der Waals surface area (Å²) in [5.41, 5.74) is 5.34. The van der Waals surface area contributed by atoms with E-state index in [0.717, 1.165) is 0 Å². The fourth-order valence-electron chi connectivity index (χ4n) is 1.52. The SMILES string of the molecule is CC(C)NC(CSc1ccccc1[N+](=O)[O-])C(N)=O. The Labute approximate surface area is 115 Å². The molecule has 1 aromatic carbocycles. The Morgan fingerprint density at radius 2 is 2.11 bits per heavy atom. The van der Waals surface area contributed by atoms with Crippen LogP contribution in [0.4, 0.5) is 5.69 Å². The molecule has 0 aliphatic rings. The van der Waals surface area contributed by atoms with Gasteiger partial charge in [-0.2, -0.15) is 0 Å². The molecule has 0 saturated heterocycles. The summed E-state index contributed by atoms with van der Waals surface area (Å²) in [4.78, 5) is 22.2. The number of nitrogens with two attached hydrogens (primary N) is 1. The van der Waals surface area contributed by atoms with Crippen LogP contribution in [0.2, 0.25) is 0 Å². The van der Waals surface area contributed by atoms with Crippen LogP contribution in [0.3, 0.4) is 0 Å². The van der Waals surface area contributed by atoms with Crippen LogP contribution in [-0.2, 0) is 4.79 Å². The van der Waals surface area contributed by atoms with Crippen LogP contribution in [0.1, 0.15) is 13.8 Å². The Morgan fingerprint density at radius 1 is 1.47 bits per heavy atom. The molecule has 1 rings (SSSR count). The lowest BCUT2D eigenvalue weighted by molar-refractivity contribution is -0.387. The number of hydrogen-bond acceptors (Lipinski definition) is 5. The first-order chi connectivity index (χ1) is 8.91. The van der Waals surface area contributed by atoms with E-state index in [1.807, 2.05) is 13.8 Å². The zero-order valence-corrected chi connectivity index (χ0v) is 11.6. The van der Waals surface area contributed by atoms with Crippen molar-refractivity contribution in [2.45, 2.75) is 30.8 Å². The molecule has 6 nitrogen and oxygen atoms in total. The molecule has 0 radical (unpaired) electrons. The van der Waals surface area contributed by atoms with Gasteiger partial charge >= 0.3 is 0 Å². The lowest BCUT2D eigenvalue weighted by Gasteiger charge is -2.17. The normalized spacial score (nSPS) is 12.4. The summed E-state index contributed by atoms with van der Waals surface area (Å²) in [5, 5.41) is 13.9. The third-order valence-corrected chi connectivity index (χ3v) is 3.50. The van der Waals surface area contributed by atoms with Crippen LogP contribution >= 0.6 is 11.8 Å². The maximum absolute atomic E-state index is 11.3. The average Bonchev–Trinajstić information content (AvgIpc) is 2.34. The highest BCUT2D eigenvalue weighted by Gasteiger charge is 2.19. The van der Waals surface area contributed by atoms with Crippen molar-refractivity contribution in [1.29, 1.82) is 0 Å². The van der Waals surface area contributed by atoms with Gasteiger partial charge in [0.2, 0.25) is 5.91 Å². The molecular formula is C12H17N3O3S. The van der Waals surface area contributed by atoms with Crippen molar-refractivity contribution in [3.8, 4) is 0 Å². The van der Waals surface area contributed by atoms with Gasteiger partial charge in [0, 0.05) is 17.9 Å². The minimum absolute atomic E-state index is 0.0419. The second-order valence-corrected chi connectivity index (χ2v) is 5.37. The van der Waals surface area contributed by atoms with Gasteiger partial charge in [-0.3, -0.25) is 14.9 Å². The van der Waals surface area contributed by atoms with E-state index in [4.69, 9.17) is 5.73 Å². The Morgan fingerprint density at radius 3 is 2.63 bits per heavy atom. The molecule has 19 heavy (non-hydrogen) atoms. The van der Waals surface area contributed by atoms with E-state index in [0.29, 0.717) is 10.6 Å². The second-order valence-electron chi connectivity index (χ2n) is 4.31. The molecule has 0 heterocycles. The summed E-state index contributed by atoms with van der Waals surface area (Å²) in [6.07, 6.45) is 0. The molecule has 0 aromatic heterocycles. The Balaban J connectivity index is 2.74. The predicted octanol–water partition coefficient (Wildman–Crippen LogP) is 1.54. The molecule has 0 spiro atoms. The van der Waals surface area contributed by atoms with Crippen LogP contribution in [-0.4, -0.2) is 28.7 Å². The van der Waals surface area contributed by atoms with E-state index in [1.165, 1.54) is 17.8 Å². The van der Waals surface area contributed by atoms with Gasteiger partial charge in [0.05, 0.1) is 15.9 Å². The highest BCUT2D eigenvalue weighted by Crippen LogP contribution is 2.28. The number of carbonyl (C=O) groups is 1. The second kappa shape index (κ2) is 7.10. The molecule has 0 aliphatic carbocycles. The summed E-state index contributed by atoms with van der Waals surface area (Å²) in [6, 6.07) is 6.05. The molecule has 1 amide bonds. The van der Waals surface area contributed by atoms with Crippen LogP contribution in [0, 0.1) is 10.1 Å². The van der Waals surface area contributed by atoms with Gasteiger partial charge in [-0.25, -0.2) is 0 Å². The molecule has 1 aromatic rings. The van der Waals surface area contributed by atoms with Gasteiger partial charge in [-0.1, -0.05) is 26.0 Å². The van der Waals surface area contributed by atoms with Crippen LogP contribution in [0.25, 0.3) is 0 Å². The number of hydrogen-bond donors (Lipinski definition) is 2. The number of benzene rings is 1. The summed E-state index contributed by atoms with van der Waals surface area (Å²) < 4.78 is 0. The van der Waals surface area contributed by atoms with E-state index in [-0.39, 0.29) is 11.7 Å². The van der Waals surface area contributed by atoms with Crippen LogP contribution in [0.5, 0.6) is 0 Å². The van der Waals surface area contributed by atoms with Crippen molar-refractivity contribution >= 4 is 23.4 Å². The van der Waals surface area contributed by atoms with Gasteiger partial charge in [0.25, 0.3) is 5.69 Å². The number of amides is 1. The topological polar surface area (TPSA) is 98.3 Å². The third kappa shape index (κ3) is 4.88. The molecule has 104 valence electrons. The summed E-state index contributed by atoms with van der Waals surface area (Å²) >= 11 is 1.25. The molecule has 0 saturated carbocycles. The van der Waals surface area contributed by atoms with E-state index >= 15 is 0 Å². The van der Waals surface area contributed by atoms with Crippen molar-refractivity contribution < 1.29 is 9.72 Å². The molecule has 3 N–H and O–H groups in total. The maximum atomic E-state index is 11.3. The summed E-state index contributed by atoms with van der Waals surface area (Å²) in [7, 11) is 0. The fraction of sp³-hybridized carbons (Fsp3) is 0.417. The van der Waals surface area contributed by atoms with Crippen molar-refractivity contribution in [3.63, 3.8) is 0 Å². The monoisotopic (exact) mass is 283 g/mol. The van der Waals surface area contributed by atoms with Crippen molar-refractivity contribution in [1.82, 2.24) is 5.32 Å². The molecule has 0 bridgehead atoms. The third-order valence-electron chi connectivity index (χ3n) is 2.35. The predicted molar refractivity (Wildman–Crippen MR) is 75.1 cm³/mol. The Bertz CT molecular complexity index is 465. The van der Waals surface area contributed by atoms with Gasteiger partial charge in [-0.05, 0) is 6.07 Å². The highest BCUT2D eigenvalue weighted by atomic mass is 32.2. The van der Waals surface area contributed by atoms with Crippen molar-refractivity contribution in [2.24, 2.45) is 5.73 Å². The number of thioether (sulfide) groups is 1. The highest BCUT2D eigenvalue weighted by molar-refractivity contribution is 7.99. The van der Waals surface area contributed by atoms with Crippen LogP contribution in [0.15, 0.2) is 29.2 Å². The molecule has 0 aliphatic heterocycles. The standard InChI is InChI=1S/C12H17N3O3S/c1-8(2)14-9(12(13)16)7-19-11-6-4-3-5-10(11)15(17)18/h3-6,8-9,14H,7H2,1-2H3,(H2,13,16). The Kier molecular flexibility index (Phi) is 5.78. The molecular weight excluding hydrogens is 266 g/mol. The largest absolute Gasteiger partial charge is 0.368 e. The van der Waals surface area contributed by atoms with E-state index in [2.05, 4.69) is 5.32 Å². The lowest BCUT2D eigenvalue weighted by Crippen LogP contribution is -2.46. The first-order valence-electron chi connectivity index (χ1n) is 5.83. The minimum Gasteiger partial charge on any atom is -0.368 e. The molecule has 1 atom stereocenters. The number of para-hydroxylation sites is 1. The van der Waals surface area contributed by atoms with Gasteiger partial charge in [0.15, 0.2) is 0 Å². The average molecular weight is 283 g/mol. The van der Waals surface area contributed by atoms with Crippen molar-refractivity contribution in [3.05, 3.63) is 34.4 Å². The maximum Gasteiger partial charge on any atom is 0.282 e. The number of primary amides is 1. The number of nitro benzene ring substituents is 1. The quantitative estimate of drug-likeness (QED) is 0.449. The van der Waals surface area contributed by atoms with Crippen molar-refractivity contribution in [2.75, 3.05) is 5.75 Å². The molecule has 7 heteroatoms.